The van der Waals surface area contributed by atoms with Gasteiger partial charge in [0.25, 0.3) is 0 Å². The van der Waals surface area contributed by atoms with E-state index in [1.165, 1.54) is 43.3 Å². The first-order valence-electron chi connectivity index (χ1n) is 9.13. The zero-order valence-electron chi connectivity index (χ0n) is 16.0. The number of halogens is 3. The summed E-state index contributed by atoms with van der Waals surface area (Å²) in [5.41, 5.74) is -4.17. The minimum atomic E-state index is -2.26. The Morgan fingerprint density at radius 3 is 2.32 bits per heavy atom. The molecule has 0 aliphatic carbocycles. The van der Waals surface area contributed by atoms with Crippen LogP contribution in [-0.2, 0) is 15.3 Å². The van der Waals surface area contributed by atoms with Crippen LogP contribution in [0.25, 0.3) is 0 Å². The molecule has 6 nitrogen and oxygen atoms in total. The van der Waals surface area contributed by atoms with Gasteiger partial charge in [0.15, 0.2) is 5.41 Å². The predicted octanol–water partition coefficient (Wildman–Crippen LogP) is 5.24. The molecule has 154 valence electrons. The minimum Gasteiger partial charge on any atom is -0.443 e. The molecule has 1 N–H and O–H groups in total. The summed E-state index contributed by atoms with van der Waals surface area (Å²) in [4.78, 5) is 0. The average Bonchev–Trinajstić information content (AvgIpc) is 2.90. The Balaban J connectivity index is 2.09. The lowest BCUT2D eigenvalue weighted by molar-refractivity contribution is -0.289. The molecule has 0 amide bonds. The molecule has 0 spiro atoms. The molecule has 2 aromatic rings. The van der Waals surface area contributed by atoms with Crippen molar-refractivity contribution in [3.05, 3.63) is 69.5 Å². The molecule has 2 aliphatic rings. The zero-order chi connectivity index (χ0) is 22.6. The van der Waals surface area contributed by atoms with Crippen LogP contribution in [-0.4, -0.2) is 5.90 Å². The number of hydrogen-bond donors (Lipinski definition) is 1. The summed E-state index contributed by atoms with van der Waals surface area (Å²) >= 11 is 12.4. The van der Waals surface area contributed by atoms with Gasteiger partial charge in [-0.2, -0.15) is 15.8 Å². The van der Waals surface area contributed by atoms with Crippen LogP contribution < -0.4 is 0 Å². The van der Waals surface area contributed by atoms with Crippen molar-refractivity contribution in [1.29, 1.82) is 21.2 Å². The Kier molecular flexibility index (Phi) is 4.72. The van der Waals surface area contributed by atoms with Gasteiger partial charge < -0.3 is 9.47 Å². The van der Waals surface area contributed by atoms with E-state index in [1.54, 1.807) is 0 Å². The van der Waals surface area contributed by atoms with Crippen molar-refractivity contribution in [3.8, 4) is 18.2 Å². The smallest absolute Gasteiger partial charge is 0.245 e. The summed E-state index contributed by atoms with van der Waals surface area (Å²) in [6.45, 7) is 1.54. The second-order valence-electron chi connectivity index (χ2n) is 7.42. The summed E-state index contributed by atoms with van der Waals surface area (Å²) in [5, 5.41) is 39.5. The first-order valence-corrected chi connectivity index (χ1v) is 9.89. The Bertz CT molecular complexity index is 1230. The van der Waals surface area contributed by atoms with Gasteiger partial charge in [-0.25, -0.2) is 4.39 Å². The second kappa shape index (κ2) is 6.94. The van der Waals surface area contributed by atoms with Crippen molar-refractivity contribution >= 4 is 29.1 Å². The van der Waals surface area contributed by atoms with Gasteiger partial charge in [-0.05, 0) is 24.3 Å². The quantitative estimate of drug-likeness (QED) is 0.665. The van der Waals surface area contributed by atoms with Gasteiger partial charge in [0.2, 0.25) is 17.1 Å². The van der Waals surface area contributed by atoms with Crippen LogP contribution in [0.3, 0.4) is 0 Å². The maximum atomic E-state index is 14.8. The third-order valence-electron chi connectivity index (χ3n) is 6.16. The standard InChI is InChI=1S/C22H13Cl2FN4O2/c1-12-21(11-28)19(29)31-22(12,15-7-6-13(23)8-16(15)24)30-18(20(21,9-26)10-27)14-4-2-3-5-17(14)25/h2-8,12,18,29H,1H3. The molecule has 2 aromatic carbocycles. The molecule has 2 heterocycles. The fourth-order valence-corrected chi connectivity index (χ4v) is 5.12. The molecule has 0 radical (unpaired) electrons. The molecule has 0 aromatic heterocycles. The maximum Gasteiger partial charge on any atom is 0.245 e. The molecule has 2 aliphatic heterocycles. The number of hydrogen-bond acceptors (Lipinski definition) is 6. The lowest BCUT2D eigenvalue weighted by atomic mass is 9.53. The molecule has 31 heavy (non-hydrogen) atoms. The van der Waals surface area contributed by atoms with Gasteiger partial charge in [-0.15, -0.1) is 0 Å². The monoisotopic (exact) mass is 454 g/mol. The lowest BCUT2D eigenvalue weighted by Crippen LogP contribution is -2.57. The van der Waals surface area contributed by atoms with E-state index in [0.29, 0.717) is 5.02 Å². The van der Waals surface area contributed by atoms with Crippen LogP contribution in [0.15, 0.2) is 42.5 Å². The molecule has 9 heteroatoms. The number of rotatable bonds is 2. The zero-order valence-corrected chi connectivity index (χ0v) is 17.5. The fraction of sp³-hybridized carbons (Fsp3) is 0.273. The Morgan fingerprint density at radius 1 is 1.06 bits per heavy atom. The van der Waals surface area contributed by atoms with Crippen molar-refractivity contribution in [2.45, 2.75) is 18.8 Å². The summed E-state index contributed by atoms with van der Waals surface area (Å²) < 4.78 is 26.9. The van der Waals surface area contributed by atoms with Crippen LogP contribution in [0, 0.1) is 62.0 Å². The van der Waals surface area contributed by atoms with Gasteiger partial charge in [-0.1, -0.05) is 48.3 Å². The van der Waals surface area contributed by atoms with E-state index in [9.17, 15) is 20.2 Å². The van der Waals surface area contributed by atoms with Crippen molar-refractivity contribution in [2.24, 2.45) is 16.7 Å². The lowest BCUT2D eigenvalue weighted by Gasteiger charge is -2.48. The third-order valence-corrected chi connectivity index (χ3v) is 6.71. The van der Waals surface area contributed by atoms with Gasteiger partial charge in [0.1, 0.15) is 11.9 Å². The van der Waals surface area contributed by atoms with Crippen LogP contribution in [0.1, 0.15) is 24.2 Å². The first-order chi connectivity index (χ1) is 14.7. The van der Waals surface area contributed by atoms with Crippen LogP contribution in [0.5, 0.6) is 0 Å². The first kappa shape index (κ1) is 21.1. The van der Waals surface area contributed by atoms with Crippen molar-refractivity contribution < 1.29 is 13.9 Å². The largest absolute Gasteiger partial charge is 0.443 e. The molecule has 4 unspecified atom stereocenters. The van der Waals surface area contributed by atoms with E-state index in [0.717, 1.165) is 6.07 Å². The average molecular weight is 455 g/mol. The van der Waals surface area contributed by atoms with Crippen molar-refractivity contribution in [1.82, 2.24) is 0 Å². The van der Waals surface area contributed by atoms with Crippen molar-refractivity contribution in [2.75, 3.05) is 0 Å². The maximum absolute atomic E-state index is 14.8. The predicted molar refractivity (Wildman–Crippen MR) is 108 cm³/mol. The molecule has 2 saturated heterocycles. The highest BCUT2D eigenvalue weighted by Crippen LogP contribution is 2.69. The number of benzene rings is 2. The van der Waals surface area contributed by atoms with E-state index in [2.05, 4.69) is 0 Å². The Morgan fingerprint density at radius 2 is 1.74 bits per heavy atom. The molecule has 0 saturated carbocycles. The van der Waals surface area contributed by atoms with E-state index >= 15 is 0 Å². The van der Waals surface area contributed by atoms with E-state index in [1.807, 2.05) is 18.2 Å². The van der Waals surface area contributed by atoms with Crippen LogP contribution in [0.4, 0.5) is 4.39 Å². The number of nitrogens with zero attached hydrogens (tertiary/aromatic N) is 3. The summed E-state index contributed by atoms with van der Waals surface area (Å²) in [7, 11) is 0. The normalized spacial score (nSPS) is 30.5. The highest BCUT2D eigenvalue weighted by molar-refractivity contribution is 6.35. The molecular formula is C22H13Cl2FN4O2. The number of nitrogens with one attached hydrogen (secondary N) is 1. The molecular weight excluding hydrogens is 442 g/mol. The number of nitriles is 3. The fourth-order valence-electron chi connectivity index (χ4n) is 4.58. The summed E-state index contributed by atoms with van der Waals surface area (Å²) in [5.74, 6) is -4.18. The highest BCUT2D eigenvalue weighted by atomic mass is 35.5. The highest BCUT2D eigenvalue weighted by Gasteiger charge is 2.80. The minimum absolute atomic E-state index is 0.107. The van der Waals surface area contributed by atoms with Gasteiger partial charge in [0.05, 0.1) is 29.1 Å². The van der Waals surface area contributed by atoms with Crippen LogP contribution >= 0.6 is 23.2 Å². The summed E-state index contributed by atoms with van der Waals surface area (Å²) in [6, 6.07) is 15.7. The number of ether oxygens (including phenoxy) is 2. The van der Waals surface area contributed by atoms with Gasteiger partial charge in [0, 0.05) is 16.1 Å². The topological polar surface area (TPSA) is 114 Å². The van der Waals surface area contributed by atoms with E-state index < -0.39 is 40.4 Å². The van der Waals surface area contributed by atoms with E-state index in [-0.39, 0.29) is 16.1 Å². The Labute approximate surface area is 187 Å². The molecule has 4 rings (SSSR count). The second-order valence-corrected chi connectivity index (χ2v) is 8.26. The van der Waals surface area contributed by atoms with Crippen molar-refractivity contribution in [3.63, 3.8) is 0 Å². The van der Waals surface area contributed by atoms with Gasteiger partial charge in [-0.3, -0.25) is 5.41 Å². The van der Waals surface area contributed by atoms with E-state index in [4.69, 9.17) is 38.1 Å². The van der Waals surface area contributed by atoms with Gasteiger partial charge >= 0.3 is 0 Å². The third kappa shape index (κ3) is 2.42. The number of fused-ring (bicyclic) bond motifs is 2. The Hall–Kier alpha value is -3.15. The molecule has 2 bridgehead atoms. The summed E-state index contributed by atoms with van der Waals surface area (Å²) in [6.07, 6.45) is -1.55. The SMILES string of the molecule is CC1C2(c3ccc(Cl)cc3Cl)OC(=N)C1(C#N)C(C#N)(C#N)C(c1ccccc1F)O2. The molecule has 4 atom stereocenters. The molecule has 2 fully saturated rings. The van der Waals surface area contributed by atoms with Crippen LogP contribution in [0.2, 0.25) is 10.0 Å².